The van der Waals surface area contributed by atoms with Crippen molar-refractivity contribution in [3.05, 3.63) is 76.4 Å². The predicted octanol–water partition coefficient (Wildman–Crippen LogP) is 5.22. The average molecular weight is 374 g/mol. The zero-order chi connectivity index (χ0) is 19.5. The molecule has 0 saturated carbocycles. The highest BCUT2D eigenvalue weighted by Gasteiger charge is 2.22. The van der Waals surface area contributed by atoms with E-state index in [4.69, 9.17) is 0 Å². The van der Waals surface area contributed by atoms with E-state index in [9.17, 15) is 4.79 Å². The molecule has 0 unspecified atom stereocenters. The summed E-state index contributed by atoms with van der Waals surface area (Å²) in [5.74, 6) is 0.655. The summed E-state index contributed by atoms with van der Waals surface area (Å²) >= 11 is 0. The van der Waals surface area contributed by atoms with Gasteiger partial charge in [0.1, 0.15) is 5.78 Å². The third kappa shape index (κ3) is 4.12. The molecule has 1 heterocycles. The Morgan fingerprint density at radius 1 is 1.04 bits per heavy atom. The van der Waals surface area contributed by atoms with Crippen molar-refractivity contribution in [1.82, 2.24) is 4.90 Å². The molecule has 28 heavy (non-hydrogen) atoms. The minimum atomic E-state index is 0.290. The Hall–Kier alpha value is -2.19. The number of nitrogens with zero attached hydrogens (tertiary/aromatic N) is 1. The molecule has 0 spiro atoms. The highest BCUT2D eigenvalue weighted by atomic mass is 16.1. The number of Topliss-reactive ketones (excluding diaryl/α,β-unsaturated/α-hetero) is 1. The van der Waals surface area contributed by atoms with Crippen molar-refractivity contribution in [3.63, 3.8) is 0 Å². The van der Waals surface area contributed by atoms with Crippen LogP contribution < -0.4 is 0 Å². The highest BCUT2D eigenvalue weighted by Crippen LogP contribution is 2.34. The number of fused-ring (bicyclic) bond motifs is 2. The van der Waals surface area contributed by atoms with Crippen molar-refractivity contribution in [2.45, 2.75) is 46.0 Å². The van der Waals surface area contributed by atoms with E-state index in [2.05, 4.69) is 60.4 Å². The van der Waals surface area contributed by atoms with Crippen LogP contribution in [0, 0.1) is 12.8 Å². The van der Waals surface area contributed by atoms with Gasteiger partial charge in [-0.2, -0.15) is 0 Å². The topological polar surface area (TPSA) is 20.3 Å². The summed E-state index contributed by atoms with van der Waals surface area (Å²) in [6, 6.07) is 15.8. The lowest BCUT2D eigenvalue weighted by molar-refractivity contribution is -0.122. The Kier molecular flexibility index (Phi) is 5.77. The third-order valence-corrected chi connectivity index (χ3v) is 6.48. The third-order valence-electron chi connectivity index (χ3n) is 6.48. The molecule has 0 aromatic heterocycles. The minimum absolute atomic E-state index is 0.290. The number of rotatable bonds is 4. The molecule has 0 amide bonds. The molecule has 1 aliphatic carbocycles. The van der Waals surface area contributed by atoms with Gasteiger partial charge in [-0.05, 0) is 86.9 Å². The summed E-state index contributed by atoms with van der Waals surface area (Å²) in [5, 5.41) is 0. The molecule has 4 rings (SSSR count). The Morgan fingerprint density at radius 3 is 2.50 bits per heavy atom. The fourth-order valence-electron chi connectivity index (χ4n) is 4.75. The van der Waals surface area contributed by atoms with Crippen LogP contribution in [-0.4, -0.2) is 30.3 Å². The van der Waals surface area contributed by atoms with Crippen LogP contribution in [0.3, 0.4) is 0 Å². The standard InChI is InChI=1S/C26H31NO/c1-19-9-10-23-12-11-22-6-3-4-7-24(22)25(26(23)18-19)8-5-15-27-16-13-21(14-17-27)20(2)28/h3-4,6-10,18,21H,5,11-17H2,1-2H3. The SMILES string of the molecule is CC(=O)C1CCN(CCC=C2c3ccccc3CCc3ccc(C)cc32)CC1. The predicted molar refractivity (Wildman–Crippen MR) is 117 cm³/mol. The zero-order valence-electron chi connectivity index (χ0n) is 17.2. The van der Waals surface area contributed by atoms with E-state index in [0.717, 1.165) is 51.7 Å². The molecule has 1 saturated heterocycles. The molecule has 0 N–H and O–H groups in total. The maximum Gasteiger partial charge on any atom is 0.133 e. The Morgan fingerprint density at radius 2 is 1.75 bits per heavy atom. The van der Waals surface area contributed by atoms with Crippen molar-refractivity contribution in [3.8, 4) is 0 Å². The van der Waals surface area contributed by atoms with Gasteiger partial charge in [0, 0.05) is 12.5 Å². The van der Waals surface area contributed by atoms with Crippen LogP contribution >= 0.6 is 0 Å². The quantitative estimate of drug-likeness (QED) is 0.733. The first kappa shape index (κ1) is 19.1. The van der Waals surface area contributed by atoms with E-state index in [1.54, 1.807) is 6.92 Å². The molecule has 0 radical (unpaired) electrons. The number of piperidine rings is 1. The average Bonchev–Trinajstić information content (AvgIpc) is 2.85. The van der Waals surface area contributed by atoms with Gasteiger partial charge >= 0.3 is 0 Å². The Balaban J connectivity index is 1.55. The first-order valence-electron chi connectivity index (χ1n) is 10.7. The number of benzene rings is 2. The van der Waals surface area contributed by atoms with Crippen LogP contribution in [0.2, 0.25) is 0 Å². The largest absolute Gasteiger partial charge is 0.303 e. The molecular formula is C26H31NO. The second-order valence-corrected chi connectivity index (χ2v) is 8.45. The van der Waals surface area contributed by atoms with Crippen LogP contribution in [0.25, 0.3) is 5.57 Å². The van der Waals surface area contributed by atoms with Gasteiger partial charge in [0.25, 0.3) is 0 Å². The van der Waals surface area contributed by atoms with E-state index in [-0.39, 0.29) is 5.92 Å². The van der Waals surface area contributed by atoms with Crippen LogP contribution in [0.5, 0.6) is 0 Å². The molecule has 2 nitrogen and oxygen atoms in total. The molecule has 146 valence electrons. The molecule has 2 aromatic carbocycles. The van der Waals surface area contributed by atoms with Gasteiger partial charge in [-0.1, -0.05) is 54.1 Å². The monoisotopic (exact) mass is 373 g/mol. The van der Waals surface area contributed by atoms with Crippen molar-refractivity contribution in [1.29, 1.82) is 0 Å². The molecular weight excluding hydrogens is 342 g/mol. The number of aryl methyl sites for hydroxylation is 3. The van der Waals surface area contributed by atoms with Gasteiger partial charge in [-0.15, -0.1) is 0 Å². The maximum atomic E-state index is 11.6. The summed E-state index contributed by atoms with van der Waals surface area (Å²) in [4.78, 5) is 14.1. The van der Waals surface area contributed by atoms with Gasteiger partial charge in [0.15, 0.2) is 0 Å². The number of carbonyl (C=O) groups is 1. The van der Waals surface area contributed by atoms with Gasteiger partial charge < -0.3 is 4.90 Å². The Labute approximate surface area is 169 Å². The van der Waals surface area contributed by atoms with Gasteiger partial charge in [0.05, 0.1) is 0 Å². The molecule has 2 aliphatic rings. The molecule has 0 atom stereocenters. The van der Waals surface area contributed by atoms with Gasteiger partial charge in [0.2, 0.25) is 0 Å². The van der Waals surface area contributed by atoms with E-state index in [0.29, 0.717) is 5.78 Å². The molecule has 0 bridgehead atoms. The summed E-state index contributed by atoms with van der Waals surface area (Å²) in [6.07, 6.45) is 7.79. The van der Waals surface area contributed by atoms with E-state index in [1.807, 2.05) is 0 Å². The summed E-state index contributed by atoms with van der Waals surface area (Å²) in [6.45, 7) is 7.12. The fraction of sp³-hybridized carbons (Fsp3) is 0.423. The number of carbonyl (C=O) groups excluding carboxylic acids is 1. The minimum Gasteiger partial charge on any atom is -0.303 e. The first-order valence-corrected chi connectivity index (χ1v) is 10.7. The van der Waals surface area contributed by atoms with Crippen molar-refractivity contribution >= 4 is 11.4 Å². The van der Waals surface area contributed by atoms with Crippen LogP contribution in [0.4, 0.5) is 0 Å². The Bertz CT molecular complexity index is 887. The molecule has 1 aliphatic heterocycles. The van der Waals surface area contributed by atoms with Gasteiger partial charge in [-0.3, -0.25) is 4.79 Å². The lowest BCUT2D eigenvalue weighted by Gasteiger charge is -2.30. The van der Waals surface area contributed by atoms with Crippen molar-refractivity contribution in [2.75, 3.05) is 19.6 Å². The highest BCUT2D eigenvalue weighted by molar-refractivity contribution is 5.84. The second kappa shape index (κ2) is 8.45. The number of ketones is 1. The summed E-state index contributed by atoms with van der Waals surface area (Å²) < 4.78 is 0. The molecule has 2 heteroatoms. The number of hydrogen-bond donors (Lipinski definition) is 0. The number of hydrogen-bond acceptors (Lipinski definition) is 2. The van der Waals surface area contributed by atoms with Crippen LogP contribution in [0.1, 0.15) is 54.0 Å². The summed E-state index contributed by atoms with van der Waals surface area (Å²) in [7, 11) is 0. The maximum absolute atomic E-state index is 11.6. The lowest BCUT2D eigenvalue weighted by atomic mass is 9.91. The lowest BCUT2D eigenvalue weighted by Crippen LogP contribution is -2.36. The summed E-state index contributed by atoms with van der Waals surface area (Å²) in [5.41, 5.74) is 8.49. The van der Waals surface area contributed by atoms with Crippen LogP contribution in [0.15, 0.2) is 48.5 Å². The van der Waals surface area contributed by atoms with Crippen molar-refractivity contribution < 1.29 is 4.79 Å². The van der Waals surface area contributed by atoms with Gasteiger partial charge in [-0.25, -0.2) is 0 Å². The second-order valence-electron chi connectivity index (χ2n) is 8.45. The first-order chi connectivity index (χ1) is 13.6. The molecule has 2 aromatic rings. The van der Waals surface area contributed by atoms with Crippen LogP contribution in [-0.2, 0) is 17.6 Å². The normalized spacial score (nSPS) is 19.1. The zero-order valence-corrected chi connectivity index (χ0v) is 17.2. The van der Waals surface area contributed by atoms with E-state index >= 15 is 0 Å². The molecule has 1 fully saturated rings. The van der Waals surface area contributed by atoms with Crippen molar-refractivity contribution in [2.24, 2.45) is 5.92 Å². The number of likely N-dealkylation sites (tertiary alicyclic amines) is 1. The van der Waals surface area contributed by atoms with E-state index < -0.39 is 0 Å². The smallest absolute Gasteiger partial charge is 0.133 e. The van der Waals surface area contributed by atoms with E-state index in [1.165, 1.54) is 33.4 Å². The fourth-order valence-corrected chi connectivity index (χ4v) is 4.75.